The van der Waals surface area contributed by atoms with Crippen LogP contribution in [0.4, 0.5) is 0 Å². The van der Waals surface area contributed by atoms with Gasteiger partial charge in [-0.2, -0.15) is 0 Å². The predicted octanol–water partition coefficient (Wildman–Crippen LogP) is 5.22. The van der Waals surface area contributed by atoms with Crippen LogP contribution in [0.15, 0.2) is 66.9 Å². The predicted molar refractivity (Wildman–Crippen MR) is 103 cm³/mol. The maximum atomic E-state index is 10.4. The Morgan fingerprint density at radius 3 is 2.44 bits per heavy atom. The second kappa shape index (κ2) is 10.2. The summed E-state index contributed by atoms with van der Waals surface area (Å²) < 4.78 is 0. The molecule has 1 N–H and O–H groups in total. The molecule has 2 rings (SSSR count). The van der Waals surface area contributed by atoms with Crippen LogP contribution in [-0.4, -0.2) is 16.1 Å². The number of allylic oxidation sites excluding steroid dienone is 3. The van der Waals surface area contributed by atoms with Crippen LogP contribution in [0.3, 0.4) is 0 Å². The van der Waals surface area contributed by atoms with Gasteiger partial charge in [-0.05, 0) is 36.5 Å². The minimum absolute atomic E-state index is 0.730. The number of rotatable bonds is 9. The molecule has 1 heterocycles. The fourth-order valence-corrected chi connectivity index (χ4v) is 2.56. The van der Waals surface area contributed by atoms with Crippen LogP contribution in [0.1, 0.15) is 37.3 Å². The van der Waals surface area contributed by atoms with Crippen LogP contribution in [0, 0.1) is 0 Å². The highest BCUT2D eigenvalue weighted by Gasteiger charge is 2.00. The van der Waals surface area contributed by atoms with Crippen molar-refractivity contribution < 1.29 is 9.90 Å². The van der Waals surface area contributed by atoms with E-state index in [2.05, 4.69) is 42.2 Å². The summed E-state index contributed by atoms with van der Waals surface area (Å²) in [5.41, 5.74) is 4.58. The third kappa shape index (κ3) is 6.76. The number of unbranched alkanes of at least 4 members (excludes halogenated alkanes) is 2. The number of nitrogens with zero attached hydrogens (tertiary/aromatic N) is 1. The van der Waals surface area contributed by atoms with Gasteiger partial charge in [0.15, 0.2) is 0 Å². The van der Waals surface area contributed by atoms with Gasteiger partial charge in [0.1, 0.15) is 0 Å². The number of carboxylic acids is 1. The van der Waals surface area contributed by atoms with Crippen molar-refractivity contribution >= 4 is 5.97 Å². The lowest BCUT2D eigenvalue weighted by Crippen LogP contribution is -1.89. The van der Waals surface area contributed by atoms with E-state index in [1.54, 1.807) is 6.08 Å². The first kappa shape index (κ1) is 18.7. The Morgan fingerprint density at radius 2 is 1.80 bits per heavy atom. The molecule has 0 bridgehead atoms. The topological polar surface area (TPSA) is 50.2 Å². The Hall–Kier alpha value is -2.68. The van der Waals surface area contributed by atoms with E-state index in [1.165, 1.54) is 30.9 Å². The molecule has 25 heavy (non-hydrogen) atoms. The van der Waals surface area contributed by atoms with Crippen molar-refractivity contribution in [3.63, 3.8) is 0 Å². The smallest absolute Gasteiger partial charge is 0.328 e. The molecule has 0 amide bonds. The quantitative estimate of drug-likeness (QED) is 0.388. The van der Waals surface area contributed by atoms with E-state index in [-0.39, 0.29) is 0 Å². The van der Waals surface area contributed by atoms with Crippen molar-refractivity contribution in [3.05, 3.63) is 78.0 Å². The summed E-state index contributed by atoms with van der Waals surface area (Å²) in [4.78, 5) is 14.9. The summed E-state index contributed by atoms with van der Waals surface area (Å²) in [6.45, 7) is 2.22. The first-order chi connectivity index (χ1) is 12.2. The largest absolute Gasteiger partial charge is 0.478 e. The minimum atomic E-state index is -0.938. The average molecular weight is 335 g/mol. The zero-order valence-electron chi connectivity index (χ0n) is 14.7. The number of aliphatic carboxylic acids is 1. The third-order valence-corrected chi connectivity index (χ3v) is 3.98. The summed E-state index contributed by atoms with van der Waals surface area (Å²) in [7, 11) is 0. The highest BCUT2D eigenvalue weighted by atomic mass is 16.4. The Bertz CT molecular complexity index is 713. The molecule has 0 aliphatic heterocycles. The number of aromatic nitrogens is 1. The maximum Gasteiger partial charge on any atom is 0.328 e. The molecule has 0 unspecified atom stereocenters. The number of benzene rings is 1. The van der Waals surface area contributed by atoms with E-state index in [9.17, 15) is 4.79 Å². The Kier molecular flexibility index (Phi) is 7.64. The van der Waals surface area contributed by atoms with E-state index in [1.807, 2.05) is 18.3 Å². The lowest BCUT2D eigenvalue weighted by atomic mass is 10.0. The summed E-state index contributed by atoms with van der Waals surface area (Å²) >= 11 is 0. The monoisotopic (exact) mass is 335 g/mol. The molecular weight excluding hydrogens is 310 g/mol. The molecule has 130 valence electrons. The molecule has 0 aliphatic rings. The van der Waals surface area contributed by atoms with E-state index in [0.717, 1.165) is 35.7 Å². The number of hydrogen-bond donors (Lipinski definition) is 1. The van der Waals surface area contributed by atoms with Gasteiger partial charge in [0.05, 0.1) is 5.69 Å². The van der Waals surface area contributed by atoms with Gasteiger partial charge in [0.25, 0.3) is 0 Å². The Morgan fingerprint density at radius 1 is 1.04 bits per heavy atom. The van der Waals surface area contributed by atoms with Crippen molar-refractivity contribution in [3.8, 4) is 11.3 Å². The summed E-state index contributed by atoms with van der Waals surface area (Å²) in [5, 5.41) is 8.51. The molecule has 3 heteroatoms. The lowest BCUT2D eigenvalue weighted by molar-refractivity contribution is -0.131. The van der Waals surface area contributed by atoms with Crippen molar-refractivity contribution in [1.82, 2.24) is 4.98 Å². The first-order valence-electron chi connectivity index (χ1n) is 8.79. The van der Waals surface area contributed by atoms with Crippen LogP contribution in [0.5, 0.6) is 0 Å². The standard InChI is InChI=1S/C22H25NO2/c1-2-3-5-8-18-11-14-20(15-12-18)21-16-13-19(17-23-21)9-6-4-7-10-22(24)25/h4,6-7,10-17H,2-3,5,8-9H2,1H3,(H,24,25)/b6-4+,10-7+. The van der Waals surface area contributed by atoms with E-state index < -0.39 is 5.97 Å². The lowest BCUT2D eigenvalue weighted by Gasteiger charge is -2.05. The van der Waals surface area contributed by atoms with Gasteiger partial charge >= 0.3 is 5.97 Å². The summed E-state index contributed by atoms with van der Waals surface area (Å²) in [5.74, 6) is -0.938. The summed E-state index contributed by atoms with van der Waals surface area (Å²) in [6.07, 6.45) is 13.8. The minimum Gasteiger partial charge on any atom is -0.478 e. The van der Waals surface area contributed by atoms with Gasteiger partial charge in [-0.3, -0.25) is 4.98 Å². The highest BCUT2D eigenvalue weighted by Crippen LogP contribution is 2.19. The van der Waals surface area contributed by atoms with Crippen LogP contribution < -0.4 is 0 Å². The fraction of sp³-hybridized carbons (Fsp3) is 0.273. The van der Waals surface area contributed by atoms with E-state index in [0.29, 0.717) is 0 Å². The van der Waals surface area contributed by atoms with E-state index >= 15 is 0 Å². The molecule has 1 aromatic heterocycles. The van der Waals surface area contributed by atoms with Crippen molar-refractivity contribution in [2.24, 2.45) is 0 Å². The van der Waals surface area contributed by atoms with Gasteiger partial charge in [0, 0.05) is 17.8 Å². The van der Waals surface area contributed by atoms with Crippen molar-refractivity contribution in [2.45, 2.75) is 39.0 Å². The molecule has 0 fully saturated rings. The van der Waals surface area contributed by atoms with Crippen LogP contribution in [-0.2, 0) is 17.6 Å². The van der Waals surface area contributed by atoms with Gasteiger partial charge in [0.2, 0.25) is 0 Å². The Balaban J connectivity index is 1.91. The fourth-order valence-electron chi connectivity index (χ4n) is 2.56. The number of carboxylic acid groups (broad SMARTS) is 1. The number of aryl methyl sites for hydroxylation is 1. The van der Waals surface area contributed by atoms with Crippen molar-refractivity contribution in [1.29, 1.82) is 0 Å². The third-order valence-electron chi connectivity index (χ3n) is 3.98. The van der Waals surface area contributed by atoms with E-state index in [4.69, 9.17) is 5.11 Å². The van der Waals surface area contributed by atoms with Gasteiger partial charge < -0.3 is 5.11 Å². The van der Waals surface area contributed by atoms with Crippen LogP contribution in [0.25, 0.3) is 11.3 Å². The molecule has 1 aromatic carbocycles. The molecule has 2 aromatic rings. The molecule has 3 nitrogen and oxygen atoms in total. The summed E-state index contributed by atoms with van der Waals surface area (Å²) in [6, 6.07) is 12.8. The maximum absolute atomic E-state index is 10.4. The van der Waals surface area contributed by atoms with Crippen LogP contribution in [0.2, 0.25) is 0 Å². The molecule has 0 saturated carbocycles. The molecule has 0 atom stereocenters. The van der Waals surface area contributed by atoms with Gasteiger partial charge in [-0.15, -0.1) is 0 Å². The molecule has 0 saturated heterocycles. The second-order valence-corrected chi connectivity index (χ2v) is 6.04. The molecule has 0 radical (unpaired) electrons. The zero-order chi connectivity index (χ0) is 17.9. The number of carbonyl (C=O) groups is 1. The number of pyridine rings is 1. The van der Waals surface area contributed by atoms with Gasteiger partial charge in [-0.1, -0.05) is 68.3 Å². The van der Waals surface area contributed by atoms with Crippen LogP contribution >= 0.6 is 0 Å². The van der Waals surface area contributed by atoms with Gasteiger partial charge in [-0.25, -0.2) is 4.79 Å². The molecule has 0 spiro atoms. The molecule has 0 aliphatic carbocycles. The first-order valence-corrected chi connectivity index (χ1v) is 8.79. The SMILES string of the molecule is CCCCCc1ccc(-c2ccc(C/C=C/C=C/C(=O)O)cn2)cc1. The average Bonchev–Trinajstić information content (AvgIpc) is 2.63. The second-order valence-electron chi connectivity index (χ2n) is 6.04. The Labute approximate surface area is 149 Å². The molecular formula is C22H25NO2. The normalized spacial score (nSPS) is 11.4. The zero-order valence-corrected chi connectivity index (χ0v) is 14.7. The number of hydrogen-bond acceptors (Lipinski definition) is 2. The highest BCUT2D eigenvalue weighted by molar-refractivity contribution is 5.80. The van der Waals surface area contributed by atoms with Crippen molar-refractivity contribution in [2.75, 3.05) is 0 Å².